The van der Waals surface area contributed by atoms with Crippen molar-refractivity contribution in [3.8, 4) is 0 Å². The molecule has 0 radical (unpaired) electrons. The molecule has 2 aromatic rings. The van der Waals surface area contributed by atoms with Crippen LogP contribution in [0.5, 0.6) is 0 Å². The summed E-state index contributed by atoms with van der Waals surface area (Å²) in [7, 11) is 0. The molecule has 6 heteroatoms. The maximum absolute atomic E-state index is 11.5. The predicted molar refractivity (Wildman–Crippen MR) is 97.7 cm³/mol. The lowest BCUT2D eigenvalue weighted by Gasteiger charge is -2.37. The van der Waals surface area contributed by atoms with Crippen molar-refractivity contribution in [2.75, 3.05) is 26.3 Å². The highest BCUT2D eigenvalue weighted by molar-refractivity contribution is 5.79. The lowest BCUT2D eigenvalue weighted by atomic mass is 9.87. The number of morpholine rings is 1. The first-order chi connectivity index (χ1) is 12.8. The van der Waals surface area contributed by atoms with Crippen LogP contribution in [0.1, 0.15) is 43.1 Å². The number of Topliss-reactive ketones (excluding diaryl/α,β-unsaturated/α-hetero) is 1. The predicted octanol–water partition coefficient (Wildman–Crippen LogP) is 2.46. The molecule has 1 aromatic heterocycles. The molecule has 2 heterocycles. The van der Waals surface area contributed by atoms with Crippen LogP contribution in [0, 0.1) is 5.92 Å². The largest absolute Gasteiger partial charge is 0.378 e. The van der Waals surface area contributed by atoms with Gasteiger partial charge in [-0.1, -0.05) is 30.3 Å². The van der Waals surface area contributed by atoms with Gasteiger partial charge in [0.25, 0.3) is 0 Å². The smallest absolute Gasteiger partial charge is 0.146 e. The van der Waals surface area contributed by atoms with Crippen molar-refractivity contribution in [3.63, 3.8) is 0 Å². The van der Waals surface area contributed by atoms with Crippen LogP contribution in [0.2, 0.25) is 0 Å². The number of benzene rings is 1. The van der Waals surface area contributed by atoms with Gasteiger partial charge in [0.2, 0.25) is 0 Å². The Balaban J connectivity index is 1.48. The minimum Gasteiger partial charge on any atom is -0.378 e. The molecule has 26 heavy (non-hydrogen) atoms. The van der Waals surface area contributed by atoms with E-state index in [1.54, 1.807) is 6.33 Å². The molecule has 0 N–H and O–H groups in total. The molecule has 1 aliphatic carbocycles. The molecule has 6 nitrogen and oxygen atoms in total. The van der Waals surface area contributed by atoms with Gasteiger partial charge in [-0.05, 0) is 24.3 Å². The van der Waals surface area contributed by atoms with E-state index in [2.05, 4.69) is 27.1 Å². The van der Waals surface area contributed by atoms with Gasteiger partial charge in [-0.3, -0.25) is 9.69 Å². The molecule has 1 saturated heterocycles. The number of carbonyl (C=O) groups excluding carboxylic acids is 1. The molecule has 1 atom stereocenters. The number of hydrogen-bond acceptors (Lipinski definition) is 5. The zero-order valence-electron chi connectivity index (χ0n) is 15.1. The lowest BCUT2D eigenvalue weighted by molar-refractivity contribution is -0.121. The maximum atomic E-state index is 11.5. The van der Waals surface area contributed by atoms with E-state index in [1.807, 2.05) is 22.9 Å². The van der Waals surface area contributed by atoms with Crippen molar-refractivity contribution in [3.05, 3.63) is 48.0 Å². The summed E-state index contributed by atoms with van der Waals surface area (Å²) < 4.78 is 7.76. The van der Waals surface area contributed by atoms with Crippen LogP contribution < -0.4 is 0 Å². The summed E-state index contributed by atoms with van der Waals surface area (Å²) in [6.45, 7) is 4.05. The normalized spacial score (nSPS) is 22.6. The molecule has 1 saturated carbocycles. The monoisotopic (exact) mass is 354 g/mol. The van der Waals surface area contributed by atoms with Crippen molar-refractivity contribution in [1.82, 2.24) is 19.7 Å². The van der Waals surface area contributed by atoms with Gasteiger partial charge in [0.1, 0.15) is 17.9 Å². The summed E-state index contributed by atoms with van der Waals surface area (Å²) in [5.41, 5.74) is 1.22. The Bertz CT molecular complexity index is 720. The van der Waals surface area contributed by atoms with Crippen molar-refractivity contribution in [2.24, 2.45) is 5.92 Å². The van der Waals surface area contributed by atoms with Crippen LogP contribution in [0.15, 0.2) is 36.7 Å². The van der Waals surface area contributed by atoms with E-state index in [9.17, 15) is 4.79 Å². The van der Waals surface area contributed by atoms with Gasteiger partial charge in [0.05, 0.1) is 25.8 Å². The molecule has 138 valence electrons. The highest BCUT2D eigenvalue weighted by atomic mass is 16.5. The van der Waals surface area contributed by atoms with E-state index in [1.165, 1.54) is 5.56 Å². The number of hydrogen-bond donors (Lipinski definition) is 0. The van der Waals surface area contributed by atoms with Crippen molar-refractivity contribution >= 4 is 5.78 Å². The maximum Gasteiger partial charge on any atom is 0.146 e. The second-order valence-electron chi connectivity index (χ2n) is 7.33. The first kappa shape index (κ1) is 17.4. The Kier molecular flexibility index (Phi) is 5.41. The second-order valence-corrected chi connectivity index (χ2v) is 7.33. The lowest BCUT2D eigenvalue weighted by Crippen LogP contribution is -2.43. The van der Waals surface area contributed by atoms with E-state index < -0.39 is 0 Å². The SMILES string of the molecule is O=C1CCC(CN2CCOC[C@H]2c2ncnn2Cc2ccccc2)CC1. The van der Waals surface area contributed by atoms with Gasteiger partial charge >= 0.3 is 0 Å². The number of aromatic nitrogens is 3. The van der Waals surface area contributed by atoms with Crippen LogP contribution in [-0.2, 0) is 16.1 Å². The summed E-state index contributed by atoms with van der Waals surface area (Å²) in [5, 5.41) is 4.46. The van der Waals surface area contributed by atoms with Crippen molar-refractivity contribution < 1.29 is 9.53 Å². The third-order valence-corrected chi connectivity index (χ3v) is 5.51. The Morgan fingerprint density at radius 3 is 2.77 bits per heavy atom. The van der Waals surface area contributed by atoms with Crippen LogP contribution >= 0.6 is 0 Å². The van der Waals surface area contributed by atoms with E-state index in [0.717, 1.165) is 57.7 Å². The number of ketones is 1. The third-order valence-electron chi connectivity index (χ3n) is 5.51. The molecule has 2 fully saturated rings. The topological polar surface area (TPSA) is 60.3 Å². The third kappa shape index (κ3) is 4.02. The van der Waals surface area contributed by atoms with Crippen molar-refractivity contribution in [1.29, 1.82) is 0 Å². The first-order valence-corrected chi connectivity index (χ1v) is 9.54. The van der Waals surface area contributed by atoms with Gasteiger partial charge in [0.15, 0.2) is 0 Å². The first-order valence-electron chi connectivity index (χ1n) is 9.54. The average Bonchev–Trinajstić information content (AvgIpc) is 3.13. The Morgan fingerprint density at radius 2 is 1.96 bits per heavy atom. The van der Waals surface area contributed by atoms with Gasteiger partial charge < -0.3 is 4.74 Å². The van der Waals surface area contributed by atoms with Crippen LogP contribution in [0.25, 0.3) is 0 Å². The fourth-order valence-electron chi connectivity index (χ4n) is 4.02. The van der Waals surface area contributed by atoms with E-state index in [4.69, 9.17) is 4.74 Å². The minimum atomic E-state index is 0.132. The van der Waals surface area contributed by atoms with Gasteiger partial charge in [-0.2, -0.15) is 5.10 Å². The number of carbonyl (C=O) groups is 1. The quantitative estimate of drug-likeness (QED) is 0.825. The molecule has 0 amide bonds. The zero-order chi connectivity index (χ0) is 17.8. The number of rotatable bonds is 5. The minimum absolute atomic E-state index is 0.132. The molecule has 2 aliphatic rings. The average molecular weight is 354 g/mol. The van der Waals surface area contributed by atoms with Crippen LogP contribution in [-0.4, -0.2) is 51.8 Å². The summed E-state index contributed by atoms with van der Waals surface area (Å²) >= 11 is 0. The molecule has 1 aliphatic heterocycles. The van der Waals surface area contributed by atoms with Gasteiger partial charge in [-0.15, -0.1) is 0 Å². The Morgan fingerprint density at radius 1 is 1.15 bits per heavy atom. The molecule has 0 unspecified atom stereocenters. The van der Waals surface area contributed by atoms with Crippen molar-refractivity contribution in [2.45, 2.75) is 38.3 Å². The molecule has 0 bridgehead atoms. The number of nitrogens with zero attached hydrogens (tertiary/aromatic N) is 4. The summed E-state index contributed by atoms with van der Waals surface area (Å²) in [5.74, 6) is 1.99. The van der Waals surface area contributed by atoms with Gasteiger partial charge in [-0.25, -0.2) is 9.67 Å². The van der Waals surface area contributed by atoms with Crippen LogP contribution in [0.3, 0.4) is 0 Å². The van der Waals surface area contributed by atoms with E-state index in [0.29, 0.717) is 18.3 Å². The summed E-state index contributed by atoms with van der Waals surface area (Å²) in [6, 6.07) is 10.5. The molecule has 1 aromatic carbocycles. The highest BCUT2D eigenvalue weighted by Crippen LogP contribution is 2.28. The standard InChI is InChI=1S/C20H26N4O2/c25-18-8-6-17(7-9-18)12-23-10-11-26-14-19(23)20-21-15-22-24(20)13-16-4-2-1-3-5-16/h1-5,15,17,19H,6-14H2/t19-/m0/s1. The van der Waals surface area contributed by atoms with E-state index in [-0.39, 0.29) is 6.04 Å². The summed E-state index contributed by atoms with van der Waals surface area (Å²) in [6.07, 6.45) is 5.15. The second kappa shape index (κ2) is 8.10. The number of ether oxygens (including phenoxy) is 1. The van der Waals surface area contributed by atoms with Gasteiger partial charge in [0, 0.05) is 25.9 Å². The Hall–Kier alpha value is -2.05. The summed E-state index contributed by atoms with van der Waals surface area (Å²) in [4.78, 5) is 18.6. The fraction of sp³-hybridized carbons (Fsp3) is 0.550. The molecule has 4 rings (SSSR count). The molecular weight excluding hydrogens is 328 g/mol. The molecular formula is C20H26N4O2. The molecule has 0 spiro atoms. The van der Waals surface area contributed by atoms with E-state index >= 15 is 0 Å². The highest BCUT2D eigenvalue weighted by Gasteiger charge is 2.31. The zero-order valence-corrected chi connectivity index (χ0v) is 15.1. The fourth-order valence-corrected chi connectivity index (χ4v) is 4.02. The Labute approximate surface area is 154 Å². The van der Waals surface area contributed by atoms with Crippen LogP contribution in [0.4, 0.5) is 0 Å².